The van der Waals surface area contributed by atoms with Gasteiger partial charge < -0.3 is 0 Å². The zero-order valence-electron chi connectivity index (χ0n) is 12.8. The molecule has 0 unspecified atom stereocenters. The molecule has 1 aliphatic rings. The first-order valence-corrected chi connectivity index (χ1v) is 8.12. The van der Waals surface area contributed by atoms with E-state index in [9.17, 15) is 0 Å². The second-order valence-electron chi connectivity index (χ2n) is 6.29. The summed E-state index contributed by atoms with van der Waals surface area (Å²) in [6.45, 7) is 0. The number of benzene rings is 4. The third-order valence-electron chi connectivity index (χ3n) is 4.95. The van der Waals surface area contributed by atoms with Crippen molar-refractivity contribution in [3.8, 4) is 22.5 Å². The van der Waals surface area contributed by atoms with Gasteiger partial charge in [-0.1, -0.05) is 54.6 Å². The fourth-order valence-electron chi connectivity index (χ4n) is 3.93. The van der Waals surface area contributed by atoms with Crippen molar-refractivity contribution in [2.45, 2.75) is 0 Å². The van der Waals surface area contributed by atoms with Gasteiger partial charge in [-0.05, 0) is 34.4 Å². The van der Waals surface area contributed by atoms with Gasteiger partial charge in [-0.15, -0.1) is 0 Å². The first-order valence-electron chi connectivity index (χ1n) is 8.12. The van der Waals surface area contributed by atoms with Gasteiger partial charge in [0.1, 0.15) is 0 Å². The van der Waals surface area contributed by atoms with Crippen molar-refractivity contribution in [1.29, 1.82) is 0 Å². The molecule has 0 radical (unpaired) electrons. The number of hydrogen-bond donors (Lipinski definition) is 0. The van der Waals surface area contributed by atoms with E-state index >= 15 is 0 Å². The van der Waals surface area contributed by atoms with E-state index in [2.05, 4.69) is 48.5 Å². The molecule has 24 heavy (non-hydrogen) atoms. The van der Waals surface area contributed by atoms with Gasteiger partial charge in [-0.3, -0.25) is 0 Å². The van der Waals surface area contributed by atoms with Gasteiger partial charge in [0.2, 0.25) is 0 Å². The predicted molar refractivity (Wildman–Crippen MR) is 99.0 cm³/mol. The third-order valence-corrected chi connectivity index (χ3v) is 4.95. The summed E-state index contributed by atoms with van der Waals surface area (Å²) in [4.78, 5) is 9.92. The van der Waals surface area contributed by atoms with Crippen molar-refractivity contribution < 1.29 is 0 Å². The lowest BCUT2D eigenvalue weighted by molar-refractivity contribution is 1.32. The Morgan fingerprint density at radius 2 is 1.29 bits per heavy atom. The van der Waals surface area contributed by atoms with Crippen molar-refractivity contribution in [1.82, 2.24) is 9.97 Å². The molecule has 110 valence electrons. The Morgan fingerprint density at radius 1 is 0.583 bits per heavy atom. The van der Waals surface area contributed by atoms with Crippen LogP contribution < -0.4 is 0 Å². The summed E-state index contributed by atoms with van der Waals surface area (Å²) in [5, 5.41) is 5.03. The molecule has 2 heteroatoms. The van der Waals surface area contributed by atoms with Gasteiger partial charge in [0.25, 0.3) is 0 Å². The second-order valence-corrected chi connectivity index (χ2v) is 6.29. The molecule has 6 rings (SSSR count). The van der Waals surface area contributed by atoms with Crippen molar-refractivity contribution in [3.05, 3.63) is 72.8 Å². The van der Waals surface area contributed by atoms with E-state index in [0.717, 1.165) is 22.4 Å². The smallest absolute Gasteiger partial charge is 0.0986 e. The molecule has 0 atom stereocenters. The molecule has 0 spiro atoms. The summed E-state index contributed by atoms with van der Waals surface area (Å²) in [5.41, 5.74) is 6.34. The summed E-state index contributed by atoms with van der Waals surface area (Å²) in [7, 11) is 0. The van der Waals surface area contributed by atoms with Crippen LogP contribution in [0.3, 0.4) is 0 Å². The Labute approximate surface area is 138 Å². The Kier molecular flexibility index (Phi) is 2.12. The number of nitrogens with zero attached hydrogens (tertiary/aromatic N) is 2. The van der Waals surface area contributed by atoms with Crippen LogP contribution >= 0.6 is 0 Å². The molecule has 0 saturated heterocycles. The highest BCUT2D eigenvalue weighted by Crippen LogP contribution is 2.48. The summed E-state index contributed by atoms with van der Waals surface area (Å²) in [6.07, 6.45) is 0. The van der Waals surface area contributed by atoms with Crippen LogP contribution in [0.2, 0.25) is 0 Å². The van der Waals surface area contributed by atoms with E-state index < -0.39 is 0 Å². The highest BCUT2D eigenvalue weighted by atomic mass is 14.8. The third kappa shape index (κ3) is 1.41. The van der Waals surface area contributed by atoms with Gasteiger partial charge >= 0.3 is 0 Å². The van der Waals surface area contributed by atoms with Crippen LogP contribution in [0.4, 0.5) is 0 Å². The van der Waals surface area contributed by atoms with Crippen LogP contribution in [0.25, 0.3) is 55.1 Å². The average molecular weight is 304 g/mol. The van der Waals surface area contributed by atoms with Crippen molar-refractivity contribution in [3.63, 3.8) is 0 Å². The molecule has 0 N–H and O–H groups in total. The Balaban J connectivity index is 1.91. The molecular weight excluding hydrogens is 292 g/mol. The highest BCUT2D eigenvalue weighted by molar-refractivity contribution is 6.22. The topological polar surface area (TPSA) is 25.8 Å². The normalized spacial score (nSPS) is 12.2. The lowest BCUT2D eigenvalue weighted by Crippen LogP contribution is -1.90. The molecule has 1 heterocycles. The van der Waals surface area contributed by atoms with Crippen LogP contribution in [-0.2, 0) is 0 Å². The van der Waals surface area contributed by atoms with E-state index in [1.54, 1.807) is 0 Å². The van der Waals surface area contributed by atoms with E-state index in [4.69, 9.17) is 9.97 Å². The minimum atomic E-state index is 0.949. The van der Waals surface area contributed by atoms with Crippen molar-refractivity contribution in [2.24, 2.45) is 0 Å². The summed E-state index contributed by atoms with van der Waals surface area (Å²) in [6, 6.07) is 25.4. The number of aromatic nitrogens is 2. The largest absolute Gasteiger partial charge is 0.244 e. The monoisotopic (exact) mass is 304 g/mol. The summed E-state index contributed by atoms with van der Waals surface area (Å²) < 4.78 is 0. The molecule has 1 aliphatic carbocycles. The fraction of sp³-hybridized carbons (Fsp3) is 0. The molecule has 0 bridgehead atoms. The molecule has 1 aromatic heterocycles. The van der Waals surface area contributed by atoms with Gasteiger partial charge in [-0.25, -0.2) is 9.97 Å². The van der Waals surface area contributed by atoms with E-state index in [1.165, 1.54) is 32.7 Å². The van der Waals surface area contributed by atoms with Crippen LogP contribution in [-0.4, -0.2) is 9.97 Å². The molecule has 5 aromatic rings. The maximum Gasteiger partial charge on any atom is 0.0986 e. The second kappa shape index (κ2) is 4.18. The minimum absolute atomic E-state index is 0.949. The lowest BCUT2D eigenvalue weighted by Gasteiger charge is -2.07. The van der Waals surface area contributed by atoms with Crippen LogP contribution in [0.5, 0.6) is 0 Å². The van der Waals surface area contributed by atoms with Crippen LogP contribution in [0, 0.1) is 0 Å². The van der Waals surface area contributed by atoms with Gasteiger partial charge in [0.15, 0.2) is 0 Å². The molecule has 0 aliphatic heterocycles. The molecular formula is C22H12N2. The summed E-state index contributed by atoms with van der Waals surface area (Å²) in [5.74, 6) is 0. The highest BCUT2D eigenvalue weighted by Gasteiger charge is 2.26. The Hall–Kier alpha value is -3.26. The zero-order chi connectivity index (χ0) is 15.7. The fourth-order valence-corrected chi connectivity index (χ4v) is 3.93. The van der Waals surface area contributed by atoms with E-state index in [-0.39, 0.29) is 0 Å². The number of fused-ring (bicyclic) bond motifs is 6. The molecule has 0 fully saturated rings. The number of rotatable bonds is 0. The van der Waals surface area contributed by atoms with E-state index in [1.807, 2.05) is 24.3 Å². The minimum Gasteiger partial charge on any atom is -0.244 e. The standard InChI is InChI=1S/C22H12N2/c1-2-8-15-13(6-1)12-14-7-5-9-16-19(14)20(15)22-21(16)23-17-10-3-4-11-18(17)24-22/h1-12H. The van der Waals surface area contributed by atoms with Gasteiger partial charge in [-0.2, -0.15) is 0 Å². The first-order chi connectivity index (χ1) is 11.9. The van der Waals surface area contributed by atoms with E-state index in [0.29, 0.717) is 0 Å². The average Bonchev–Trinajstić information content (AvgIpc) is 2.96. The summed E-state index contributed by atoms with van der Waals surface area (Å²) >= 11 is 0. The predicted octanol–water partition coefficient (Wildman–Crippen LogP) is 5.58. The molecule has 4 aromatic carbocycles. The molecule has 0 amide bonds. The maximum absolute atomic E-state index is 4.98. The quantitative estimate of drug-likeness (QED) is 0.342. The van der Waals surface area contributed by atoms with Crippen molar-refractivity contribution >= 4 is 32.6 Å². The van der Waals surface area contributed by atoms with Gasteiger partial charge in [0, 0.05) is 16.5 Å². The SMILES string of the molecule is c1ccc2c3c4c(cccc4cc2c1)-c1nc2ccccc2nc1-3. The first kappa shape index (κ1) is 12.2. The Bertz CT molecular complexity index is 1300. The lowest BCUT2D eigenvalue weighted by atomic mass is 9.97. The van der Waals surface area contributed by atoms with Crippen LogP contribution in [0.1, 0.15) is 0 Å². The van der Waals surface area contributed by atoms with Gasteiger partial charge in [0.05, 0.1) is 22.4 Å². The van der Waals surface area contributed by atoms with Crippen LogP contribution in [0.15, 0.2) is 72.8 Å². The Morgan fingerprint density at radius 3 is 2.17 bits per heavy atom. The number of para-hydroxylation sites is 2. The zero-order valence-corrected chi connectivity index (χ0v) is 12.8. The maximum atomic E-state index is 4.98. The number of hydrogen-bond acceptors (Lipinski definition) is 2. The molecule has 2 nitrogen and oxygen atoms in total. The molecule has 0 saturated carbocycles. The van der Waals surface area contributed by atoms with Crippen molar-refractivity contribution in [2.75, 3.05) is 0 Å².